The molecule has 0 aliphatic rings. The summed E-state index contributed by atoms with van der Waals surface area (Å²) in [6.07, 6.45) is 0. The molecule has 0 aliphatic heterocycles. The summed E-state index contributed by atoms with van der Waals surface area (Å²) in [6, 6.07) is 3.83. The summed E-state index contributed by atoms with van der Waals surface area (Å²) in [5, 5.41) is 8.65. The van der Waals surface area contributed by atoms with Gasteiger partial charge in [-0.3, -0.25) is 0 Å². The van der Waals surface area contributed by atoms with Crippen molar-refractivity contribution in [3.8, 4) is 0 Å². The van der Waals surface area contributed by atoms with E-state index in [4.69, 9.17) is 9.84 Å². The molecule has 1 N–H and O–H groups in total. The first kappa shape index (κ1) is 12.6. The quantitative estimate of drug-likeness (QED) is 0.839. The molecular weight excluding hydrogens is 211 g/mol. The fourth-order valence-electron chi connectivity index (χ4n) is 1.20. The Balaban J connectivity index is 2.64. The van der Waals surface area contributed by atoms with Crippen LogP contribution in [-0.2, 0) is 11.3 Å². The lowest BCUT2D eigenvalue weighted by Crippen LogP contribution is -2.04. The summed E-state index contributed by atoms with van der Waals surface area (Å²) in [7, 11) is 0. The number of aromatic carboxylic acids is 1. The van der Waals surface area contributed by atoms with Crippen molar-refractivity contribution in [3.05, 3.63) is 35.1 Å². The Kier molecular flexibility index (Phi) is 4.43. The molecule has 0 aromatic heterocycles. The van der Waals surface area contributed by atoms with Crippen LogP contribution in [-0.4, -0.2) is 17.7 Å². The van der Waals surface area contributed by atoms with Crippen molar-refractivity contribution in [2.24, 2.45) is 5.92 Å². The van der Waals surface area contributed by atoms with Gasteiger partial charge in [-0.2, -0.15) is 0 Å². The van der Waals surface area contributed by atoms with Gasteiger partial charge >= 0.3 is 5.97 Å². The SMILES string of the molecule is CC(C)COCc1ccc(C(=O)O)cc1F. The lowest BCUT2D eigenvalue weighted by molar-refractivity contribution is 0.0695. The average molecular weight is 226 g/mol. The third-order valence-electron chi connectivity index (χ3n) is 2.01. The predicted molar refractivity (Wildman–Crippen MR) is 57.9 cm³/mol. The van der Waals surface area contributed by atoms with Gasteiger partial charge in [0.1, 0.15) is 5.82 Å². The molecule has 4 heteroatoms. The van der Waals surface area contributed by atoms with Crippen LogP contribution in [0, 0.1) is 11.7 Å². The molecule has 1 rings (SSSR count). The third kappa shape index (κ3) is 3.62. The van der Waals surface area contributed by atoms with Gasteiger partial charge in [-0.15, -0.1) is 0 Å². The van der Waals surface area contributed by atoms with Gasteiger partial charge in [-0.1, -0.05) is 19.9 Å². The number of benzene rings is 1. The maximum Gasteiger partial charge on any atom is 0.335 e. The number of hydrogen-bond donors (Lipinski definition) is 1. The maximum absolute atomic E-state index is 13.4. The first-order valence-corrected chi connectivity index (χ1v) is 5.10. The molecular formula is C12H15FO3. The van der Waals surface area contributed by atoms with E-state index < -0.39 is 11.8 Å². The molecule has 0 amide bonds. The Bertz CT molecular complexity index is 375. The van der Waals surface area contributed by atoms with Gasteiger partial charge in [-0.05, 0) is 18.1 Å². The van der Waals surface area contributed by atoms with Crippen LogP contribution in [0.3, 0.4) is 0 Å². The van der Waals surface area contributed by atoms with Crippen molar-refractivity contribution in [1.82, 2.24) is 0 Å². The van der Waals surface area contributed by atoms with E-state index in [9.17, 15) is 9.18 Å². The highest BCUT2D eigenvalue weighted by atomic mass is 19.1. The van der Waals surface area contributed by atoms with Crippen LogP contribution >= 0.6 is 0 Å². The molecule has 88 valence electrons. The zero-order chi connectivity index (χ0) is 12.1. The van der Waals surface area contributed by atoms with Crippen molar-refractivity contribution >= 4 is 5.97 Å². The second kappa shape index (κ2) is 5.61. The zero-order valence-electron chi connectivity index (χ0n) is 9.37. The Morgan fingerprint density at radius 2 is 2.19 bits per heavy atom. The van der Waals surface area contributed by atoms with Gasteiger partial charge in [0.2, 0.25) is 0 Å². The normalized spacial score (nSPS) is 10.8. The number of carbonyl (C=O) groups is 1. The summed E-state index contributed by atoms with van der Waals surface area (Å²) in [6.45, 7) is 4.73. The van der Waals surface area contributed by atoms with Crippen LogP contribution in [0.15, 0.2) is 18.2 Å². The monoisotopic (exact) mass is 226 g/mol. The lowest BCUT2D eigenvalue weighted by atomic mass is 10.1. The molecule has 0 radical (unpaired) electrons. The minimum absolute atomic E-state index is 0.0508. The molecule has 1 aromatic rings. The number of halogens is 1. The van der Waals surface area contributed by atoms with E-state index in [0.29, 0.717) is 18.1 Å². The average Bonchev–Trinajstić information content (AvgIpc) is 2.19. The summed E-state index contributed by atoms with van der Waals surface area (Å²) < 4.78 is 18.7. The Hall–Kier alpha value is -1.42. The number of carboxylic acid groups (broad SMARTS) is 1. The molecule has 16 heavy (non-hydrogen) atoms. The molecule has 1 aromatic carbocycles. The standard InChI is InChI=1S/C12H15FO3/c1-8(2)6-16-7-10-4-3-9(12(14)15)5-11(10)13/h3-5,8H,6-7H2,1-2H3,(H,14,15). The second-order valence-corrected chi connectivity index (χ2v) is 4.02. The van der Waals surface area contributed by atoms with E-state index >= 15 is 0 Å². The molecule has 0 atom stereocenters. The number of carboxylic acids is 1. The van der Waals surface area contributed by atoms with Crippen LogP contribution in [0.4, 0.5) is 4.39 Å². The van der Waals surface area contributed by atoms with Gasteiger partial charge < -0.3 is 9.84 Å². The summed E-state index contributed by atoms with van der Waals surface area (Å²) in [5.41, 5.74) is 0.329. The maximum atomic E-state index is 13.4. The summed E-state index contributed by atoms with van der Waals surface area (Å²) >= 11 is 0. The van der Waals surface area contributed by atoms with E-state index in [0.717, 1.165) is 6.07 Å². The second-order valence-electron chi connectivity index (χ2n) is 4.02. The van der Waals surface area contributed by atoms with E-state index in [2.05, 4.69) is 0 Å². The van der Waals surface area contributed by atoms with Crippen molar-refractivity contribution in [2.45, 2.75) is 20.5 Å². The fraction of sp³-hybridized carbons (Fsp3) is 0.417. The number of ether oxygens (including phenoxy) is 1. The molecule has 0 heterocycles. The lowest BCUT2D eigenvalue weighted by Gasteiger charge is -2.08. The van der Waals surface area contributed by atoms with E-state index in [-0.39, 0.29) is 12.2 Å². The molecule has 0 bridgehead atoms. The number of hydrogen-bond acceptors (Lipinski definition) is 2. The third-order valence-corrected chi connectivity index (χ3v) is 2.01. The minimum Gasteiger partial charge on any atom is -0.478 e. The highest BCUT2D eigenvalue weighted by molar-refractivity contribution is 5.87. The van der Waals surface area contributed by atoms with Gasteiger partial charge in [0.05, 0.1) is 12.2 Å². The fourth-order valence-corrected chi connectivity index (χ4v) is 1.20. The molecule has 0 saturated heterocycles. The van der Waals surface area contributed by atoms with E-state index in [1.807, 2.05) is 13.8 Å². The van der Waals surface area contributed by atoms with Crippen LogP contribution in [0.25, 0.3) is 0 Å². The molecule has 0 unspecified atom stereocenters. The van der Waals surface area contributed by atoms with Crippen molar-refractivity contribution in [2.75, 3.05) is 6.61 Å². The van der Waals surface area contributed by atoms with Crippen molar-refractivity contribution in [3.63, 3.8) is 0 Å². The molecule has 3 nitrogen and oxygen atoms in total. The van der Waals surface area contributed by atoms with Gasteiger partial charge in [0.15, 0.2) is 0 Å². The van der Waals surface area contributed by atoms with Crippen molar-refractivity contribution in [1.29, 1.82) is 0 Å². The van der Waals surface area contributed by atoms with Crippen molar-refractivity contribution < 1.29 is 19.0 Å². The predicted octanol–water partition coefficient (Wildman–Crippen LogP) is 2.70. The highest BCUT2D eigenvalue weighted by Crippen LogP contribution is 2.12. The largest absolute Gasteiger partial charge is 0.478 e. The number of rotatable bonds is 5. The molecule has 0 spiro atoms. The summed E-state index contributed by atoms with van der Waals surface area (Å²) in [5.74, 6) is -1.28. The van der Waals surface area contributed by atoms with Crippen LogP contribution in [0.1, 0.15) is 29.8 Å². The Labute approximate surface area is 93.9 Å². The van der Waals surface area contributed by atoms with E-state index in [1.165, 1.54) is 12.1 Å². The minimum atomic E-state index is -1.13. The Morgan fingerprint density at radius 1 is 1.50 bits per heavy atom. The van der Waals surface area contributed by atoms with E-state index in [1.54, 1.807) is 0 Å². The molecule has 0 fully saturated rings. The zero-order valence-corrected chi connectivity index (χ0v) is 9.37. The Morgan fingerprint density at radius 3 is 2.69 bits per heavy atom. The van der Waals surface area contributed by atoms with Gasteiger partial charge in [-0.25, -0.2) is 9.18 Å². The summed E-state index contributed by atoms with van der Waals surface area (Å²) in [4.78, 5) is 10.6. The molecule has 0 aliphatic carbocycles. The van der Waals surface area contributed by atoms with Crippen LogP contribution < -0.4 is 0 Å². The van der Waals surface area contributed by atoms with Crippen LogP contribution in [0.5, 0.6) is 0 Å². The topological polar surface area (TPSA) is 46.5 Å². The molecule has 0 saturated carbocycles. The highest BCUT2D eigenvalue weighted by Gasteiger charge is 2.08. The first-order chi connectivity index (χ1) is 7.50. The first-order valence-electron chi connectivity index (χ1n) is 5.10. The smallest absolute Gasteiger partial charge is 0.335 e. The van der Waals surface area contributed by atoms with Crippen LogP contribution in [0.2, 0.25) is 0 Å². The van der Waals surface area contributed by atoms with Gasteiger partial charge in [0, 0.05) is 12.2 Å². The van der Waals surface area contributed by atoms with Gasteiger partial charge in [0.25, 0.3) is 0 Å².